The van der Waals surface area contributed by atoms with E-state index in [1.165, 1.54) is 16.7 Å². The minimum Gasteiger partial charge on any atom is -0.480 e. The van der Waals surface area contributed by atoms with Crippen molar-refractivity contribution in [3.63, 3.8) is 0 Å². The van der Waals surface area contributed by atoms with Gasteiger partial charge in [-0.1, -0.05) is 0 Å². The fourth-order valence-corrected chi connectivity index (χ4v) is 5.75. The first-order valence-corrected chi connectivity index (χ1v) is 9.29. The molecule has 1 amide bonds. The van der Waals surface area contributed by atoms with E-state index in [1.807, 2.05) is 0 Å². The molecular formula is C15H18N2O3S2. The van der Waals surface area contributed by atoms with Crippen LogP contribution in [-0.4, -0.2) is 56.5 Å². The lowest BCUT2D eigenvalue weighted by atomic mass is 9.91. The lowest BCUT2D eigenvalue weighted by Gasteiger charge is -2.35. The van der Waals surface area contributed by atoms with E-state index >= 15 is 0 Å². The van der Waals surface area contributed by atoms with Crippen LogP contribution in [0.1, 0.15) is 19.3 Å². The SMILES string of the molecule is C#CC(CC(=O)N1CCC[C@H]1C(=O)O)C1(C#N)CSCCS1. The minimum atomic E-state index is -0.972. The summed E-state index contributed by atoms with van der Waals surface area (Å²) in [7, 11) is 0. The molecule has 0 aromatic rings. The Bertz CT molecular complexity index is 532. The van der Waals surface area contributed by atoms with Gasteiger partial charge in [-0.25, -0.2) is 4.79 Å². The zero-order valence-electron chi connectivity index (χ0n) is 12.2. The summed E-state index contributed by atoms with van der Waals surface area (Å²) in [5, 5.41) is 18.7. The Balaban J connectivity index is 2.10. The summed E-state index contributed by atoms with van der Waals surface area (Å²) in [6.07, 6.45) is 6.81. The molecule has 3 atom stereocenters. The smallest absolute Gasteiger partial charge is 0.326 e. The highest BCUT2D eigenvalue weighted by Gasteiger charge is 2.43. The number of carbonyl (C=O) groups excluding carboxylic acids is 1. The molecule has 0 aromatic heterocycles. The fourth-order valence-electron chi connectivity index (χ4n) is 2.86. The van der Waals surface area contributed by atoms with Crippen LogP contribution < -0.4 is 0 Å². The number of likely N-dealkylation sites (tertiary alicyclic amines) is 1. The van der Waals surface area contributed by atoms with E-state index in [4.69, 9.17) is 6.42 Å². The summed E-state index contributed by atoms with van der Waals surface area (Å²) in [5.74, 6) is 3.33. The molecule has 0 aliphatic carbocycles. The van der Waals surface area contributed by atoms with Crippen molar-refractivity contribution in [2.75, 3.05) is 23.8 Å². The Kier molecular flexibility index (Phi) is 5.66. The number of terminal acetylenes is 1. The number of hydrogen-bond acceptors (Lipinski definition) is 5. The Labute approximate surface area is 138 Å². The fraction of sp³-hybridized carbons (Fsp3) is 0.667. The van der Waals surface area contributed by atoms with Crippen LogP contribution in [0.3, 0.4) is 0 Å². The van der Waals surface area contributed by atoms with Gasteiger partial charge < -0.3 is 10.0 Å². The average molecular weight is 338 g/mol. The highest BCUT2D eigenvalue weighted by molar-refractivity contribution is 8.07. The first-order valence-electron chi connectivity index (χ1n) is 7.15. The number of amides is 1. The molecule has 0 saturated carbocycles. The summed E-state index contributed by atoms with van der Waals surface area (Å²) < 4.78 is -0.744. The summed E-state index contributed by atoms with van der Waals surface area (Å²) in [6, 6.07) is 1.56. The molecule has 0 spiro atoms. The number of hydrogen-bond donors (Lipinski definition) is 1. The number of carboxylic acids is 1. The van der Waals surface area contributed by atoms with Gasteiger partial charge in [-0.2, -0.15) is 17.0 Å². The topological polar surface area (TPSA) is 81.4 Å². The van der Waals surface area contributed by atoms with Gasteiger partial charge in [-0.05, 0) is 12.8 Å². The Hall–Kier alpha value is -1.31. The Morgan fingerprint density at radius 2 is 2.27 bits per heavy atom. The van der Waals surface area contributed by atoms with Gasteiger partial charge in [0.1, 0.15) is 10.8 Å². The quantitative estimate of drug-likeness (QED) is 0.781. The first kappa shape index (κ1) is 17.1. The number of rotatable bonds is 4. The number of aliphatic carboxylic acids is 1. The molecular weight excluding hydrogens is 320 g/mol. The van der Waals surface area contributed by atoms with Crippen molar-refractivity contribution in [3.8, 4) is 18.4 Å². The van der Waals surface area contributed by atoms with Crippen LogP contribution in [0, 0.1) is 29.6 Å². The summed E-state index contributed by atoms with van der Waals surface area (Å²) >= 11 is 3.20. The van der Waals surface area contributed by atoms with Crippen molar-refractivity contribution in [1.29, 1.82) is 5.26 Å². The molecule has 2 saturated heterocycles. The second-order valence-corrected chi connectivity index (χ2v) is 7.94. The number of thioether (sulfide) groups is 2. The maximum Gasteiger partial charge on any atom is 0.326 e. The van der Waals surface area contributed by atoms with Gasteiger partial charge >= 0.3 is 5.97 Å². The van der Waals surface area contributed by atoms with Crippen molar-refractivity contribution >= 4 is 35.4 Å². The summed E-state index contributed by atoms with van der Waals surface area (Å²) in [5.41, 5.74) is 0. The highest BCUT2D eigenvalue weighted by atomic mass is 32.2. The Morgan fingerprint density at radius 3 is 2.82 bits per heavy atom. The van der Waals surface area contributed by atoms with Gasteiger partial charge in [0.15, 0.2) is 0 Å². The third-order valence-corrected chi connectivity index (χ3v) is 7.13. The predicted octanol–water partition coefficient (Wildman–Crippen LogP) is 1.44. The van der Waals surface area contributed by atoms with E-state index in [0.29, 0.717) is 25.1 Å². The maximum absolute atomic E-state index is 12.5. The molecule has 118 valence electrons. The van der Waals surface area contributed by atoms with E-state index in [-0.39, 0.29) is 12.3 Å². The normalized spacial score (nSPS) is 29.4. The predicted molar refractivity (Wildman–Crippen MR) is 87.4 cm³/mol. The molecule has 0 radical (unpaired) electrons. The molecule has 2 aliphatic rings. The molecule has 0 aromatic carbocycles. The van der Waals surface area contributed by atoms with Gasteiger partial charge in [0.2, 0.25) is 5.91 Å². The van der Waals surface area contributed by atoms with E-state index in [2.05, 4.69) is 12.0 Å². The monoisotopic (exact) mass is 338 g/mol. The second-order valence-electron chi connectivity index (χ2n) is 5.41. The zero-order chi connectivity index (χ0) is 16.2. The maximum atomic E-state index is 12.5. The van der Waals surface area contributed by atoms with Gasteiger partial charge in [0.05, 0.1) is 12.0 Å². The standard InChI is InChI=1S/C15H18N2O3S2/c1-2-11(15(9-16)10-21-6-7-22-15)8-13(18)17-5-3-4-12(17)14(19)20/h1,11-12H,3-8,10H2,(H,19,20)/t11?,12-,15?/m0/s1. The van der Waals surface area contributed by atoms with Crippen LogP contribution in [-0.2, 0) is 9.59 Å². The van der Waals surface area contributed by atoms with E-state index < -0.39 is 22.7 Å². The zero-order valence-corrected chi connectivity index (χ0v) is 13.8. The molecule has 2 aliphatic heterocycles. The van der Waals surface area contributed by atoms with Crippen molar-refractivity contribution in [2.24, 2.45) is 5.92 Å². The van der Waals surface area contributed by atoms with Crippen LogP contribution >= 0.6 is 23.5 Å². The largest absolute Gasteiger partial charge is 0.480 e. The molecule has 7 heteroatoms. The third-order valence-electron chi connectivity index (χ3n) is 4.09. The molecule has 5 nitrogen and oxygen atoms in total. The number of carboxylic acid groups (broad SMARTS) is 1. The molecule has 22 heavy (non-hydrogen) atoms. The minimum absolute atomic E-state index is 0.0431. The van der Waals surface area contributed by atoms with Crippen LogP contribution in [0.4, 0.5) is 0 Å². The first-order chi connectivity index (χ1) is 10.5. The van der Waals surface area contributed by atoms with Gasteiger partial charge in [-0.3, -0.25) is 4.79 Å². The van der Waals surface area contributed by atoms with Gasteiger partial charge in [0.25, 0.3) is 0 Å². The summed E-state index contributed by atoms with van der Waals surface area (Å²) in [6.45, 7) is 0.453. The van der Waals surface area contributed by atoms with E-state index in [0.717, 1.165) is 11.5 Å². The van der Waals surface area contributed by atoms with Crippen molar-refractivity contribution < 1.29 is 14.7 Å². The number of nitriles is 1. The number of carbonyl (C=O) groups is 2. The van der Waals surface area contributed by atoms with E-state index in [1.54, 1.807) is 11.8 Å². The average Bonchev–Trinajstić information content (AvgIpc) is 3.03. The third kappa shape index (κ3) is 3.37. The van der Waals surface area contributed by atoms with E-state index in [9.17, 15) is 20.0 Å². The van der Waals surface area contributed by atoms with Gasteiger partial charge in [0, 0.05) is 30.2 Å². The molecule has 2 unspecified atom stereocenters. The lowest BCUT2D eigenvalue weighted by molar-refractivity contribution is -0.148. The molecule has 2 fully saturated rings. The van der Waals surface area contributed by atoms with Gasteiger partial charge in [-0.15, -0.1) is 24.1 Å². The molecule has 1 N–H and O–H groups in total. The highest BCUT2D eigenvalue weighted by Crippen LogP contribution is 2.41. The Morgan fingerprint density at radius 1 is 1.50 bits per heavy atom. The van der Waals surface area contributed by atoms with Crippen LogP contribution in [0.25, 0.3) is 0 Å². The van der Waals surface area contributed by atoms with Crippen LogP contribution in [0.2, 0.25) is 0 Å². The second kappa shape index (κ2) is 7.30. The van der Waals surface area contributed by atoms with Crippen LogP contribution in [0.15, 0.2) is 0 Å². The van der Waals surface area contributed by atoms with Crippen molar-refractivity contribution in [2.45, 2.75) is 30.1 Å². The van der Waals surface area contributed by atoms with Crippen LogP contribution in [0.5, 0.6) is 0 Å². The van der Waals surface area contributed by atoms with Crippen molar-refractivity contribution in [3.05, 3.63) is 0 Å². The van der Waals surface area contributed by atoms with Crippen molar-refractivity contribution in [1.82, 2.24) is 4.90 Å². The molecule has 2 rings (SSSR count). The summed E-state index contributed by atoms with van der Waals surface area (Å²) in [4.78, 5) is 25.1. The molecule has 2 heterocycles. The lowest BCUT2D eigenvalue weighted by Crippen LogP contribution is -2.45. The molecule has 0 bridgehead atoms. The number of nitrogens with zero attached hydrogens (tertiary/aromatic N) is 2.